The molecule has 1 N–H and O–H groups in total. The number of rotatable bonds is 8. The Balaban J connectivity index is 1.62. The lowest BCUT2D eigenvalue weighted by molar-refractivity contribution is -0.0497. The molecule has 4 rings (SSSR count). The summed E-state index contributed by atoms with van der Waals surface area (Å²) in [6.45, 7) is -2.69. The van der Waals surface area contributed by atoms with Gasteiger partial charge < -0.3 is 19.3 Å². The molecule has 0 radical (unpaired) electrons. The van der Waals surface area contributed by atoms with Gasteiger partial charge in [0.15, 0.2) is 0 Å². The minimum atomic E-state index is -2.91. The van der Waals surface area contributed by atoms with E-state index in [1.807, 2.05) is 12.1 Å². The van der Waals surface area contributed by atoms with Crippen molar-refractivity contribution < 1.29 is 32.9 Å². The molecule has 0 fully saturated rings. The number of carboxylic acids is 1. The number of carboxylic acid groups (broad SMARTS) is 1. The number of carbonyl (C=O) groups is 1. The van der Waals surface area contributed by atoms with Gasteiger partial charge in [-0.05, 0) is 52.7 Å². The normalized spacial score (nSPS) is 11.0. The van der Waals surface area contributed by atoms with Crippen molar-refractivity contribution in [2.24, 2.45) is 0 Å². The fraction of sp³-hybridized carbons (Fsp3) is 0.136. The summed E-state index contributed by atoms with van der Waals surface area (Å²) in [5, 5.41) is 18.5. The first-order valence-corrected chi connectivity index (χ1v) is 9.39. The van der Waals surface area contributed by atoms with Crippen molar-refractivity contribution in [1.82, 2.24) is 15.0 Å². The molecule has 0 atom stereocenters. The Hall–Kier alpha value is -4.21. The molecule has 0 spiro atoms. The number of methoxy groups -OCH3 is 1. The molecule has 3 aromatic carbocycles. The maximum absolute atomic E-state index is 12.4. The van der Waals surface area contributed by atoms with Gasteiger partial charge in [0.2, 0.25) is 5.69 Å². The third-order valence-corrected chi connectivity index (χ3v) is 4.61. The number of hydrogen-bond acceptors (Lipinski definition) is 6. The molecule has 0 aliphatic heterocycles. The van der Waals surface area contributed by atoms with Crippen molar-refractivity contribution >= 4 is 16.7 Å². The van der Waals surface area contributed by atoms with Crippen LogP contribution in [0, 0.1) is 0 Å². The van der Waals surface area contributed by atoms with E-state index in [2.05, 4.69) is 15.0 Å². The quantitative estimate of drug-likeness (QED) is 0.428. The van der Waals surface area contributed by atoms with Crippen molar-refractivity contribution in [1.29, 1.82) is 0 Å². The van der Waals surface area contributed by atoms with Gasteiger partial charge in [-0.25, -0.2) is 9.48 Å². The zero-order valence-corrected chi connectivity index (χ0v) is 16.7. The SMILES string of the molecule is COc1ccc(Cn2nnc(C(=O)O)c2Oc2ccc3cc(OC(F)F)ccc3c2)cc1. The zero-order chi connectivity index (χ0) is 22.7. The highest BCUT2D eigenvalue weighted by Gasteiger charge is 2.22. The molecule has 0 bridgehead atoms. The number of benzene rings is 3. The van der Waals surface area contributed by atoms with E-state index in [0.29, 0.717) is 22.3 Å². The zero-order valence-electron chi connectivity index (χ0n) is 16.7. The molecule has 8 nitrogen and oxygen atoms in total. The first-order chi connectivity index (χ1) is 15.4. The molecule has 0 aliphatic rings. The summed E-state index contributed by atoms with van der Waals surface area (Å²) in [6, 6.07) is 16.6. The lowest BCUT2D eigenvalue weighted by Crippen LogP contribution is -2.06. The molecule has 0 aliphatic carbocycles. The van der Waals surface area contributed by atoms with Gasteiger partial charge in [0.1, 0.15) is 17.2 Å². The fourth-order valence-electron chi connectivity index (χ4n) is 3.10. The number of fused-ring (bicyclic) bond motifs is 1. The number of alkyl halides is 2. The van der Waals surface area contributed by atoms with Gasteiger partial charge in [0, 0.05) is 0 Å². The highest BCUT2D eigenvalue weighted by atomic mass is 19.3. The second kappa shape index (κ2) is 8.88. The van der Waals surface area contributed by atoms with E-state index in [-0.39, 0.29) is 23.9 Å². The fourth-order valence-corrected chi connectivity index (χ4v) is 3.10. The molecule has 0 saturated heterocycles. The summed E-state index contributed by atoms with van der Waals surface area (Å²) in [5.74, 6) is -0.258. The number of hydrogen-bond donors (Lipinski definition) is 1. The van der Waals surface area contributed by atoms with Crippen molar-refractivity contribution in [2.75, 3.05) is 7.11 Å². The second-order valence-corrected chi connectivity index (χ2v) is 6.71. The van der Waals surface area contributed by atoms with Gasteiger partial charge in [-0.15, -0.1) is 5.10 Å². The largest absolute Gasteiger partial charge is 0.497 e. The first-order valence-electron chi connectivity index (χ1n) is 9.39. The van der Waals surface area contributed by atoms with Gasteiger partial charge in [-0.1, -0.05) is 29.5 Å². The highest BCUT2D eigenvalue weighted by molar-refractivity contribution is 5.88. The minimum absolute atomic E-state index is 0.0367. The summed E-state index contributed by atoms with van der Waals surface area (Å²) in [6.07, 6.45) is 0. The van der Waals surface area contributed by atoms with E-state index >= 15 is 0 Å². The Morgan fingerprint density at radius 3 is 2.25 bits per heavy atom. The van der Waals surface area contributed by atoms with Crippen LogP contribution in [0.2, 0.25) is 0 Å². The Bertz CT molecular complexity index is 1260. The summed E-state index contributed by atoms with van der Waals surface area (Å²) in [5.41, 5.74) is 0.502. The third kappa shape index (κ3) is 4.59. The van der Waals surface area contributed by atoms with Crippen LogP contribution in [0.15, 0.2) is 60.7 Å². The Morgan fingerprint density at radius 2 is 1.62 bits per heavy atom. The van der Waals surface area contributed by atoms with E-state index in [1.54, 1.807) is 43.5 Å². The predicted molar refractivity (Wildman–Crippen MR) is 110 cm³/mol. The standard InChI is InChI=1S/C22H17F2N3O5/c1-30-16-6-2-13(3-7-16)12-27-20(19(21(28)29)25-26-27)31-17-8-4-15-11-18(32-22(23)24)9-5-14(15)10-17/h2-11,22H,12H2,1H3,(H,28,29). The maximum Gasteiger partial charge on any atom is 0.387 e. The van der Waals surface area contributed by atoms with E-state index < -0.39 is 12.6 Å². The second-order valence-electron chi connectivity index (χ2n) is 6.71. The molecule has 1 aromatic heterocycles. The molecule has 0 unspecified atom stereocenters. The van der Waals surface area contributed by atoms with Crippen molar-refractivity contribution in [3.63, 3.8) is 0 Å². The number of halogens is 2. The van der Waals surface area contributed by atoms with Gasteiger partial charge in [-0.3, -0.25) is 0 Å². The average molecular weight is 441 g/mol. The van der Waals surface area contributed by atoms with Gasteiger partial charge >= 0.3 is 12.6 Å². The van der Waals surface area contributed by atoms with E-state index in [0.717, 1.165) is 5.56 Å². The number of aromatic carboxylic acids is 1. The van der Waals surface area contributed by atoms with E-state index in [1.165, 1.54) is 16.8 Å². The van der Waals surface area contributed by atoms with Crippen LogP contribution in [0.4, 0.5) is 8.78 Å². The number of nitrogens with zero attached hydrogens (tertiary/aromatic N) is 3. The molecule has 164 valence electrons. The lowest BCUT2D eigenvalue weighted by Gasteiger charge is -2.11. The van der Waals surface area contributed by atoms with Crippen LogP contribution in [-0.2, 0) is 6.54 Å². The van der Waals surface area contributed by atoms with Gasteiger partial charge in [0.25, 0.3) is 5.88 Å². The molecular formula is C22H17F2N3O5. The van der Waals surface area contributed by atoms with Crippen LogP contribution in [0.1, 0.15) is 16.1 Å². The van der Waals surface area contributed by atoms with Crippen molar-refractivity contribution in [3.8, 4) is 23.1 Å². The number of ether oxygens (including phenoxy) is 3. The molecule has 4 aromatic rings. The summed E-state index contributed by atoms with van der Waals surface area (Å²) in [4.78, 5) is 11.6. The molecule has 1 heterocycles. The smallest absolute Gasteiger partial charge is 0.387 e. The van der Waals surface area contributed by atoms with Crippen LogP contribution >= 0.6 is 0 Å². The predicted octanol–water partition coefficient (Wildman–Crippen LogP) is 4.58. The average Bonchev–Trinajstić information content (AvgIpc) is 3.16. The molecule has 32 heavy (non-hydrogen) atoms. The molecule has 10 heteroatoms. The van der Waals surface area contributed by atoms with E-state index in [4.69, 9.17) is 9.47 Å². The monoisotopic (exact) mass is 441 g/mol. The summed E-state index contributed by atoms with van der Waals surface area (Å²) >= 11 is 0. The Kier molecular flexibility index (Phi) is 5.84. The maximum atomic E-state index is 12.4. The third-order valence-electron chi connectivity index (χ3n) is 4.61. The topological polar surface area (TPSA) is 95.7 Å². The molecule has 0 amide bonds. The summed E-state index contributed by atoms with van der Waals surface area (Å²) < 4.78 is 41.6. The van der Waals surface area contributed by atoms with Crippen LogP contribution in [0.3, 0.4) is 0 Å². The van der Waals surface area contributed by atoms with Gasteiger partial charge in [-0.2, -0.15) is 8.78 Å². The van der Waals surface area contributed by atoms with Crippen LogP contribution < -0.4 is 14.2 Å². The summed E-state index contributed by atoms with van der Waals surface area (Å²) in [7, 11) is 1.56. The van der Waals surface area contributed by atoms with Gasteiger partial charge in [0.05, 0.1) is 13.7 Å². The molecule has 0 saturated carbocycles. The Labute approximate surface area is 180 Å². The van der Waals surface area contributed by atoms with Crippen LogP contribution in [0.5, 0.6) is 23.1 Å². The molecular weight excluding hydrogens is 424 g/mol. The van der Waals surface area contributed by atoms with Crippen LogP contribution in [0.25, 0.3) is 10.8 Å². The number of aromatic nitrogens is 3. The van der Waals surface area contributed by atoms with E-state index in [9.17, 15) is 18.7 Å². The first kappa shape index (κ1) is 21.0. The van der Waals surface area contributed by atoms with Crippen LogP contribution in [-0.4, -0.2) is 39.8 Å². The minimum Gasteiger partial charge on any atom is -0.497 e. The lowest BCUT2D eigenvalue weighted by atomic mass is 10.1. The van der Waals surface area contributed by atoms with Crippen molar-refractivity contribution in [2.45, 2.75) is 13.2 Å². The Morgan fingerprint density at radius 1 is 1.00 bits per heavy atom. The van der Waals surface area contributed by atoms with Crippen molar-refractivity contribution in [3.05, 3.63) is 71.9 Å². The highest BCUT2D eigenvalue weighted by Crippen LogP contribution is 2.30.